The van der Waals surface area contributed by atoms with Gasteiger partial charge in [0.15, 0.2) is 0 Å². The molecule has 0 aliphatic carbocycles. The van der Waals surface area contributed by atoms with Crippen molar-refractivity contribution in [2.75, 3.05) is 32.7 Å². The molecule has 16 heavy (non-hydrogen) atoms. The molecule has 0 radical (unpaired) electrons. The number of nitrogens with two attached hydrogens (primary N) is 1. The van der Waals surface area contributed by atoms with Crippen LogP contribution in [0, 0.1) is 5.92 Å². The number of hydrogen-bond donors (Lipinski definition) is 1. The second-order valence-electron chi connectivity index (χ2n) is 5.68. The van der Waals surface area contributed by atoms with Gasteiger partial charge in [0, 0.05) is 44.8 Å². The van der Waals surface area contributed by atoms with Gasteiger partial charge in [0.1, 0.15) is 0 Å². The summed E-state index contributed by atoms with van der Waals surface area (Å²) in [5, 5.41) is 0. The van der Waals surface area contributed by atoms with E-state index in [0.717, 1.165) is 12.5 Å². The molecule has 1 unspecified atom stereocenters. The minimum atomic E-state index is 0.592. The average molecular weight is 227 g/mol. The van der Waals surface area contributed by atoms with Gasteiger partial charge in [-0.25, -0.2) is 0 Å². The fraction of sp³-hybridized carbons (Fsp3) is 1.00. The molecule has 1 heterocycles. The molecule has 0 amide bonds. The van der Waals surface area contributed by atoms with E-state index in [1.807, 2.05) is 0 Å². The Morgan fingerprint density at radius 2 is 1.44 bits per heavy atom. The van der Waals surface area contributed by atoms with Crippen LogP contribution < -0.4 is 5.73 Å². The van der Waals surface area contributed by atoms with Gasteiger partial charge in [0.05, 0.1) is 0 Å². The van der Waals surface area contributed by atoms with Crippen molar-refractivity contribution >= 4 is 0 Å². The molecule has 3 nitrogen and oxygen atoms in total. The Bertz CT molecular complexity index is 184. The quantitative estimate of drug-likeness (QED) is 0.770. The SMILES string of the molecule is CC(C)CC(CN)N1CCN(C(C)C)CC1. The Kier molecular flexibility index (Phi) is 5.73. The van der Waals surface area contributed by atoms with E-state index in [1.54, 1.807) is 0 Å². The lowest BCUT2D eigenvalue weighted by molar-refractivity contribution is 0.0733. The Labute approximate surface area is 101 Å². The van der Waals surface area contributed by atoms with Crippen molar-refractivity contribution in [2.45, 2.75) is 46.2 Å². The normalized spacial score (nSPS) is 21.9. The summed E-state index contributed by atoms with van der Waals surface area (Å²) in [6.45, 7) is 14.7. The van der Waals surface area contributed by atoms with E-state index >= 15 is 0 Å². The Balaban J connectivity index is 2.38. The molecule has 1 fully saturated rings. The van der Waals surface area contributed by atoms with Crippen LogP contribution in [-0.2, 0) is 0 Å². The maximum Gasteiger partial charge on any atom is 0.0221 e. The summed E-state index contributed by atoms with van der Waals surface area (Å²) in [5.41, 5.74) is 5.89. The van der Waals surface area contributed by atoms with E-state index in [4.69, 9.17) is 5.73 Å². The molecule has 0 bridgehead atoms. The molecular formula is C13H29N3. The van der Waals surface area contributed by atoms with Crippen molar-refractivity contribution < 1.29 is 0 Å². The third-order valence-corrected chi connectivity index (χ3v) is 3.61. The first-order valence-corrected chi connectivity index (χ1v) is 6.72. The van der Waals surface area contributed by atoms with Crippen LogP contribution in [0.1, 0.15) is 34.1 Å². The fourth-order valence-electron chi connectivity index (χ4n) is 2.56. The number of hydrogen-bond acceptors (Lipinski definition) is 3. The van der Waals surface area contributed by atoms with Gasteiger partial charge in [-0.3, -0.25) is 9.80 Å². The summed E-state index contributed by atoms with van der Waals surface area (Å²) in [6, 6.07) is 1.28. The van der Waals surface area contributed by atoms with Crippen LogP contribution in [0.15, 0.2) is 0 Å². The van der Waals surface area contributed by atoms with Gasteiger partial charge in [0.2, 0.25) is 0 Å². The number of nitrogens with zero attached hydrogens (tertiary/aromatic N) is 2. The third-order valence-electron chi connectivity index (χ3n) is 3.61. The first kappa shape index (κ1) is 13.9. The van der Waals surface area contributed by atoms with Gasteiger partial charge in [-0.05, 0) is 26.2 Å². The second kappa shape index (κ2) is 6.58. The minimum absolute atomic E-state index is 0.592. The maximum absolute atomic E-state index is 5.89. The van der Waals surface area contributed by atoms with Crippen molar-refractivity contribution in [3.8, 4) is 0 Å². The van der Waals surface area contributed by atoms with Gasteiger partial charge in [-0.2, -0.15) is 0 Å². The van der Waals surface area contributed by atoms with Crippen LogP contribution in [0.3, 0.4) is 0 Å². The zero-order chi connectivity index (χ0) is 12.1. The molecule has 0 aromatic heterocycles. The molecule has 0 aromatic carbocycles. The van der Waals surface area contributed by atoms with Crippen molar-refractivity contribution in [3.05, 3.63) is 0 Å². The largest absolute Gasteiger partial charge is 0.329 e. The highest BCUT2D eigenvalue weighted by atomic mass is 15.3. The molecule has 1 atom stereocenters. The molecule has 1 aliphatic heterocycles. The van der Waals surface area contributed by atoms with Gasteiger partial charge in [-0.1, -0.05) is 13.8 Å². The zero-order valence-electron chi connectivity index (χ0n) is 11.4. The first-order chi connectivity index (χ1) is 7.54. The molecular weight excluding hydrogens is 198 g/mol. The molecule has 1 saturated heterocycles. The van der Waals surface area contributed by atoms with Crippen molar-refractivity contribution in [2.24, 2.45) is 11.7 Å². The predicted octanol–water partition coefficient (Wildman–Crippen LogP) is 1.39. The van der Waals surface area contributed by atoms with Crippen molar-refractivity contribution in [1.82, 2.24) is 9.80 Å². The van der Waals surface area contributed by atoms with Gasteiger partial charge in [-0.15, -0.1) is 0 Å². The summed E-state index contributed by atoms with van der Waals surface area (Å²) in [5.74, 6) is 0.747. The van der Waals surface area contributed by atoms with E-state index in [2.05, 4.69) is 37.5 Å². The van der Waals surface area contributed by atoms with Gasteiger partial charge >= 0.3 is 0 Å². The monoisotopic (exact) mass is 227 g/mol. The van der Waals surface area contributed by atoms with Gasteiger partial charge < -0.3 is 5.73 Å². The molecule has 0 saturated carbocycles. The smallest absolute Gasteiger partial charge is 0.0221 e. The molecule has 0 aromatic rings. The zero-order valence-corrected chi connectivity index (χ0v) is 11.4. The van der Waals surface area contributed by atoms with E-state index < -0.39 is 0 Å². The van der Waals surface area contributed by atoms with Crippen LogP contribution in [0.5, 0.6) is 0 Å². The topological polar surface area (TPSA) is 32.5 Å². The van der Waals surface area contributed by atoms with E-state index in [0.29, 0.717) is 12.1 Å². The highest BCUT2D eigenvalue weighted by Crippen LogP contribution is 2.14. The molecule has 1 rings (SSSR count). The summed E-state index contributed by atoms with van der Waals surface area (Å²) in [6.07, 6.45) is 1.23. The van der Waals surface area contributed by atoms with Crippen LogP contribution >= 0.6 is 0 Å². The fourth-order valence-corrected chi connectivity index (χ4v) is 2.56. The van der Waals surface area contributed by atoms with E-state index in [1.165, 1.54) is 32.6 Å². The number of piperazine rings is 1. The summed E-state index contributed by atoms with van der Waals surface area (Å²) >= 11 is 0. The van der Waals surface area contributed by atoms with Gasteiger partial charge in [0.25, 0.3) is 0 Å². The van der Waals surface area contributed by atoms with E-state index in [9.17, 15) is 0 Å². The maximum atomic E-state index is 5.89. The first-order valence-electron chi connectivity index (χ1n) is 6.72. The lowest BCUT2D eigenvalue weighted by atomic mass is 10.0. The molecule has 96 valence electrons. The summed E-state index contributed by atoms with van der Waals surface area (Å²) in [7, 11) is 0. The van der Waals surface area contributed by atoms with Crippen LogP contribution in [0.2, 0.25) is 0 Å². The summed E-state index contributed by atoms with van der Waals surface area (Å²) < 4.78 is 0. The van der Waals surface area contributed by atoms with Crippen molar-refractivity contribution in [3.63, 3.8) is 0 Å². The Morgan fingerprint density at radius 3 is 1.81 bits per heavy atom. The van der Waals surface area contributed by atoms with Crippen LogP contribution in [0.4, 0.5) is 0 Å². The standard InChI is InChI=1S/C13H29N3/c1-11(2)9-13(10-14)16-7-5-15(6-8-16)12(3)4/h11-13H,5-10,14H2,1-4H3. The summed E-state index contributed by atoms with van der Waals surface area (Å²) in [4.78, 5) is 5.14. The van der Waals surface area contributed by atoms with Crippen LogP contribution in [-0.4, -0.2) is 54.6 Å². The average Bonchev–Trinajstić information content (AvgIpc) is 2.25. The lowest BCUT2D eigenvalue weighted by Gasteiger charge is -2.41. The highest BCUT2D eigenvalue weighted by Gasteiger charge is 2.24. The predicted molar refractivity (Wildman–Crippen MR) is 70.6 cm³/mol. The molecule has 2 N–H and O–H groups in total. The highest BCUT2D eigenvalue weighted by molar-refractivity contribution is 4.81. The minimum Gasteiger partial charge on any atom is -0.329 e. The number of rotatable bonds is 5. The third kappa shape index (κ3) is 4.04. The molecule has 0 spiro atoms. The van der Waals surface area contributed by atoms with Crippen molar-refractivity contribution in [1.29, 1.82) is 0 Å². The molecule has 1 aliphatic rings. The van der Waals surface area contributed by atoms with E-state index in [-0.39, 0.29) is 0 Å². The Morgan fingerprint density at radius 1 is 0.938 bits per heavy atom. The molecule has 3 heteroatoms. The van der Waals surface area contributed by atoms with Crippen LogP contribution in [0.25, 0.3) is 0 Å². The Hall–Kier alpha value is -0.120. The second-order valence-corrected chi connectivity index (χ2v) is 5.68. The lowest BCUT2D eigenvalue weighted by Crippen LogP contribution is -2.54.